The van der Waals surface area contributed by atoms with Crippen molar-refractivity contribution in [3.8, 4) is 0 Å². The van der Waals surface area contributed by atoms with E-state index in [9.17, 15) is 4.79 Å². The van der Waals surface area contributed by atoms with E-state index in [2.05, 4.69) is 6.92 Å². The molecule has 0 aromatic carbocycles. The van der Waals surface area contributed by atoms with Gasteiger partial charge in [0.25, 0.3) is 0 Å². The Kier molecular flexibility index (Phi) is 5.12. The lowest BCUT2D eigenvalue weighted by atomic mass is 10.1. The van der Waals surface area contributed by atoms with Crippen molar-refractivity contribution in [3.05, 3.63) is 23.7 Å². The fraction of sp³-hybridized carbons (Fsp3) is 0.583. The molecule has 1 heterocycles. The SMILES string of the molecule is CCCCCCC(=O)c1ccc(CN)o1. The number of carbonyl (C=O) groups excluding carboxylic acids is 1. The summed E-state index contributed by atoms with van der Waals surface area (Å²) in [5, 5.41) is 0. The summed E-state index contributed by atoms with van der Waals surface area (Å²) >= 11 is 0. The van der Waals surface area contributed by atoms with Crippen molar-refractivity contribution in [3.63, 3.8) is 0 Å². The van der Waals surface area contributed by atoms with Crippen LogP contribution in [0.25, 0.3) is 0 Å². The molecule has 0 saturated carbocycles. The normalized spacial score (nSPS) is 10.5. The maximum absolute atomic E-state index is 11.6. The minimum atomic E-state index is 0.0887. The number of hydrogen-bond donors (Lipinski definition) is 1. The van der Waals surface area contributed by atoms with Crippen molar-refractivity contribution < 1.29 is 9.21 Å². The lowest BCUT2D eigenvalue weighted by Gasteiger charge is -1.97. The van der Waals surface area contributed by atoms with Crippen LogP contribution in [0.5, 0.6) is 0 Å². The highest BCUT2D eigenvalue weighted by Gasteiger charge is 2.09. The average Bonchev–Trinajstić information content (AvgIpc) is 2.72. The summed E-state index contributed by atoms with van der Waals surface area (Å²) in [7, 11) is 0. The summed E-state index contributed by atoms with van der Waals surface area (Å²) < 4.78 is 5.28. The third-order valence-corrected chi connectivity index (χ3v) is 2.40. The summed E-state index contributed by atoms with van der Waals surface area (Å²) in [6.45, 7) is 2.50. The Bertz CT molecular complexity index is 304. The maximum Gasteiger partial charge on any atom is 0.197 e. The monoisotopic (exact) mass is 209 g/mol. The second-order valence-electron chi connectivity index (χ2n) is 3.70. The highest BCUT2D eigenvalue weighted by molar-refractivity contribution is 5.93. The predicted octanol–water partition coefficient (Wildman–Crippen LogP) is 2.89. The topological polar surface area (TPSA) is 56.2 Å². The number of unbranched alkanes of at least 4 members (excludes halogenated alkanes) is 3. The van der Waals surface area contributed by atoms with Gasteiger partial charge in [0, 0.05) is 6.42 Å². The molecule has 1 aromatic heterocycles. The molecular weight excluding hydrogens is 190 g/mol. The molecule has 1 rings (SSSR count). The van der Waals surface area contributed by atoms with Crippen LogP contribution >= 0.6 is 0 Å². The van der Waals surface area contributed by atoms with Crippen molar-refractivity contribution in [2.24, 2.45) is 5.73 Å². The van der Waals surface area contributed by atoms with Crippen LogP contribution < -0.4 is 5.73 Å². The Balaban J connectivity index is 2.33. The highest BCUT2D eigenvalue weighted by atomic mass is 16.3. The molecule has 0 saturated heterocycles. The van der Waals surface area contributed by atoms with E-state index >= 15 is 0 Å². The van der Waals surface area contributed by atoms with Gasteiger partial charge in [-0.05, 0) is 18.6 Å². The Labute approximate surface area is 90.6 Å². The van der Waals surface area contributed by atoms with Crippen molar-refractivity contribution >= 4 is 5.78 Å². The van der Waals surface area contributed by atoms with Crippen LogP contribution in [0.4, 0.5) is 0 Å². The molecule has 0 atom stereocenters. The number of Topliss-reactive ketones (excluding diaryl/α,β-unsaturated/α-hetero) is 1. The molecule has 0 spiro atoms. The molecule has 15 heavy (non-hydrogen) atoms. The highest BCUT2D eigenvalue weighted by Crippen LogP contribution is 2.12. The molecule has 3 heteroatoms. The molecule has 0 aliphatic carbocycles. The Morgan fingerprint density at radius 2 is 2.13 bits per heavy atom. The van der Waals surface area contributed by atoms with Gasteiger partial charge in [-0.15, -0.1) is 0 Å². The van der Waals surface area contributed by atoms with Crippen LogP contribution in [0.2, 0.25) is 0 Å². The minimum Gasteiger partial charge on any atom is -0.457 e. The molecule has 2 N–H and O–H groups in total. The second kappa shape index (κ2) is 6.40. The van der Waals surface area contributed by atoms with Gasteiger partial charge in [-0.25, -0.2) is 0 Å². The first-order valence-electron chi connectivity index (χ1n) is 5.60. The van der Waals surface area contributed by atoms with Crippen LogP contribution in [0, 0.1) is 0 Å². The quantitative estimate of drug-likeness (QED) is 0.555. The molecule has 84 valence electrons. The van der Waals surface area contributed by atoms with E-state index in [1.54, 1.807) is 12.1 Å². The third-order valence-electron chi connectivity index (χ3n) is 2.40. The zero-order valence-electron chi connectivity index (χ0n) is 9.29. The molecule has 1 aromatic rings. The van der Waals surface area contributed by atoms with E-state index < -0.39 is 0 Å². The molecule has 0 aliphatic heterocycles. The smallest absolute Gasteiger partial charge is 0.197 e. The van der Waals surface area contributed by atoms with E-state index in [0.717, 1.165) is 12.8 Å². The first-order chi connectivity index (χ1) is 7.27. The van der Waals surface area contributed by atoms with E-state index in [0.29, 0.717) is 24.5 Å². The number of ketones is 1. The van der Waals surface area contributed by atoms with Gasteiger partial charge in [0.1, 0.15) is 5.76 Å². The molecule has 0 bridgehead atoms. The second-order valence-corrected chi connectivity index (χ2v) is 3.70. The van der Waals surface area contributed by atoms with Gasteiger partial charge >= 0.3 is 0 Å². The van der Waals surface area contributed by atoms with Gasteiger partial charge in [0.2, 0.25) is 0 Å². The summed E-state index contributed by atoms with van der Waals surface area (Å²) in [5.74, 6) is 1.21. The third kappa shape index (κ3) is 3.88. The minimum absolute atomic E-state index is 0.0887. The van der Waals surface area contributed by atoms with Crippen LogP contribution in [0.1, 0.15) is 55.3 Å². The molecule has 0 amide bonds. The van der Waals surface area contributed by atoms with Crippen molar-refractivity contribution in [1.82, 2.24) is 0 Å². The maximum atomic E-state index is 11.6. The van der Waals surface area contributed by atoms with E-state index in [1.807, 2.05) is 0 Å². The first-order valence-corrected chi connectivity index (χ1v) is 5.60. The van der Waals surface area contributed by atoms with Gasteiger partial charge in [-0.3, -0.25) is 4.79 Å². The molecule has 0 unspecified atom stereocenters. The number of furan rings is 1. The van der Waals surface area contributed by atoms with Crippen molar-refractivity contribution in [2.75, 3.05) is 0 Å². The summed E-state index contributed by atoms with van der Waals surface area (Å²) in [6, 6.07) is 3.48. The zero-order chi connectivity index (χ0) is 11.1. The molecule has 0 radical (unpaired) electrons. The van der Waals surface area contributed by atoms with Gasteiger partial charge in [0.15, 0.2) is 11.5 Å². The van der Waals surface area contributed by atoms with E-state index in [4.69, 9.17) is 10.2 Å². The van der Waals surface area contributed by atoms with Gasteiger partial charge in [0.05, 0.1) is 6.54 Å². The van der Waals surface area contributed by atoms with Crippen LogP contribution in [0.3, 0.4) is 0 Å². The Morgan fingerprint density at radius 1 is 1.33 bits per heavy atom. The molecule has 3 nitrogen and oxygen atoms in total. The lowest BCUT2D eigenvalue weighted by molar-refractivity contribution is 0.0950. The number of hydrogen-bond acceptors (Lipinski definition) is 3. The standard InChI is InChI=1S/C12H19NO2/c1-2-3-4-5-6-11(14)12-8-7-10(9-13)15-12/h7-8H,2-6,9,13H2,1H3. The van der Waals surface area contributed by atoms with Gasteiger partial charge in [-0.1, -0.05) is 26.2 Å². The molecular formula is C12H19NO2. The number of rotatable bonds is 7. The lowest BCUT2D eigenvalue weighted by Crippen LogP contribution is -1.97. The van der Waals surface area contributed by atoms with Gasteiger partial charge < -0.3 is 10.2 Å². The van der Waals surface area contributed by atoms with Gasteiger partial charge in [-0.2, -0.15) is 0 Å². The molecule has 0 fully saturated rings. The van der Waals surface area contributed by atoms with Crippen LogP contribution in [-0.4, -0.2) is 5.78 Å². The van der Waals surface area contributed by atoms with Crippen molar-refractivity contribution in [1.29, 1.82) is 0 Å². The average molecular weight is 209 g/mol. The number of nitrogens with two attached hydrogens (primary N) is 1. The fourth-order valence-electron chi connectivity index (χ4n) is 1.47. The summed E-state index contributed by atoms with van der Waals surface area (Å²) in [5.41, 5.74) is 5.40. The summed E-state index contributed by atoms with van der Waals surface area (Å²) in [6.07, 6.45) is 5.03. The molecule has 0 aliphatic rings. The van der Waals surface area contributed by atoms with E-state index in [1.165, 1.54) is 12.8 Å². The largest absolute Gasteiger partial charge is 0.457 e. The number of carbonyl (C=O) groups is 1. The Hall–Kier alpha value is -1.09. The predicted molar refractivity (Wildman–Crippen MR) is 59.7 cm³/mol. The Morgan fingerprint density at radius 3 is 2.73 bits per heavy atom. The first kappa shape index (κ1) is 12.0. The van der Waals surface area contributed by atoms with Crippen LogP contribution in [0.15, 0.2) is 16.5 Å². The zero-order valence-corrected chi connectivity index (χ0v) is 9.29. The summed E-state index contributed by atoms with van der Waals surface area (Å²) in [4.78, 5) is 11.6. The van der Waals surface area contributed by atoms with Crippen molar-refractivity contribution in [2.45, 2.75) is 45.6 Å². The van der Waals surface area contributed by atoms with E-state index in [-0.39, 0.29) is 5.78 Å². The fourth-order valence-corrected chi connectivity index (χ4v) is 1.47. The van der Waals surface area contributed by atoms with Crippen LogP contribution in [-0.2, 0) is 6.54 Å².